The summed E-state index contributed by atoms with van der Waals surface area (Å²) in [6, 6.07) is 9.34. The molecule has 0 spiro atoms. The zero-order chi connectivity index (χ0) is 22.7. The molecular weight excluding hydrogens is 412 g/mol. The highest BCUT2D eigenvalue weighted by atomic mass is 19.1. The number of methoxy groups -OCH3 is 1. The monoisotopic (exact) mass is 437 g/mol. The maximum atomic E-state index is 13.9. The fourth-order valence-corrected chi connectivity index (χ4v) is 3.95. The van der Waals surface area contributed by atoms with Crippen molar-refractivity contribution in [1.29, 1.82) is 0 Å². The van der Waals surface area contributed by atoms with Gasteiger partial charge < -0.3 is 14.2 Å². The molecule has 4 rings (SSSR count). The molecule has 0 atom stereocenters. The van der Waals surface area contributed by atoms with E-state index in [-0.39, 0.29) is 5.91 Å². The van der Waals surface area contributed by atoms with Crippen LogP contribution >= 0.6 is 0 Å². The predicted molar refractivity (Wildman–Crippen MR) is 119 cm³/mol. The fraction of sp³-hybridized carbons (Fsp3) is 0.280. The lowest BCUT2D eigenvalue weighted by molar-refractivity contribution is -0.128. The fourth-order valence-electron chi connectivity index (χ4n) is 3.95. The Bertz CT molecular complexity index is 1170. The molecule has 1 amide bonds. The molecule has 0 aliphatic carbocycles. The van der Waals surface area contributed by atoms with Gasteiger partial charge in [-0.1, -0.05) is 12.1 Å². The van der Waals surface area contributed by atoms with Gasteiger partial charge in [0.25, 0.3) is 0 Å². The number of benzene rings is 2. The topological polar surface area (TPSA) is 47.4 Å². The van der Waals surface area contributed by atoms with Crippen LogP contribution in [0.5, 0.6) is 5.75 Å². The van der Waals surface area contributed by atoms with Gasteiger partial charge in [-0.15, -0.1) is 0 Å². The summed E-state index contributed by atoms with van der Waals surface area (Å²) < 4.78 is 34.5. The Morgan fingerprint density at radius 1 is 1.19 bits per heavy atom. The molecule has 2 heterocycles. The van der Waals surface area contributed by atoms with Crippen LogP contribution in [-0.2, 0) is 11.2 Å². The van der Waals surface area contributed by atoms with Gasteiger partial charge in [0.2, 0.25) is 5.91 Å². The maximum absolute atomic E-state index is 13.9. The predicted octanol–water partition coefficient (Wildman–Crippen LogP) is 4.72. The van der Waals surface area contributed by atoms with Crippen molar-refractivity contribution in [1.82, 2.24) is 14.5 Å². The summed E-state index contributed by atoms with van der Waals surface area (Å²) in [5, 5.41) is 0. The summed E-state index contributed by atoms with van der Waals surface area (Å²) >= 11 is 0. The van der Waals surface area contributed by atoms with Crippen LogP contribution in [0.3, 0.4) is 0 Å². The third-order valence-electron chi connectivity index (χ3n) is 5.64. The van der Waals surface area contributed by atoms with E-state index >= 15 is 0 Å². The van der Waals surface area contributed by atoms with Crippen molar-refractivity contribution in [3.05, 3.63) is 83.0 Å². The lowest BCUT2D eigenvalue weighted by atomic mass is 10.00. The van der Waals surface area contributed by atoms with Crippen LogP contribution in [0, 0.1) is 18.6 Å². The first kappa shape index (κ1) is 21.7. The molecule has 1 aliphatic heterocycles. The van der Waals surface area contributed by atoms with Gasteiger partial charge in [0.05, 0.1) is 24.8 Å². The van der Waals surface area contributed by atoms with E-state index in [1.807, 2.05) is 42.0 Å². The summed E-state index contributed by atoms with van der Waals surface area (Å²) in [5.41, 5.74) is 3.77. The van der Waals surface area contributed by atoms with Crippen molar-refractivity contribution >= 4 is 12.0 Å². The van der Waals surface area contributed by atoms with Crippen molar-refractivity contribution in [2.75, 3.05) is 20.2 Å². The molecule has 1 aliphatic rings. The SMILES string of the molecule is COc1cc(/C=C2\CCCN(CCc3ccc(F)cc3F)C2=O)ccc1-n1cnc(C)c1. The Balaban J connectivity index is 1.50. The van der Waals surface area contributed by atoms with Crippen LogP contribution in [0.4, 0.5) is 8.78 Å². The molecule has 166 valence electrons. The third-order valence-corrected chi connectivity index (χ3v) is 5.64. The highest BCUT2D eigenvalue weighted by molar-refractivity contribution is 5.98. The summed E-state index contributed by atoms with van der Waals surface area (Å²) in [7, 11) is 1.61. The average molecular weight is 437 g/mol. The first-order valence-electron chi connectivity index (χ1n) is 10.6. The van der Waals surface area contributed by atoms with Crippen LogP contribution in [0.15, 0.2) is 54.5 Å². The van der Waals surface area contributed by atoms with Crippen molar-refractivity contribution < 1.29 is 18.3 Å². The van der Waals surface area contributed by atoms with E-state index in [9.17, 15) is 13.6 Å². The number of carbonyl (C=O) groups excluding carboxylic acids is 1. The Labute approximate surface area is 186 Å². The second-order valence-corrected chi connectivity index (χ2v) is 7.90. The van der Waals surface area contributed by atoms with Gasteiger partial charge in [-0.3, -0.25) is 4.79 Å². The van der Waals surface area contributed by atoms with E-state index in [4.69, 9.17) is 4.74 Å². The molecule has 3 aromatic rings. The van der Waals surface area contributed by atoms with E-state index in [0.29, 0.717) is 42.8 Å². The maximum Gasteiger partial charge on any atom is 0.249 e. The van der Waals surface area contributed by atoms with Crippen LogP contribution in [0.25, 0.3) is 11.8 Å². The number of ether oxygens (including phenoxy) is 1. The average Bonchev–Trinajstić information content (AvgIpc) is 3.21. The highest BCUT2D eigenvalue weighted by Gasteiger charge is 2.23. The first-order valence-corrected chi connectivity index (χ1v) is 10.6. The van der Waals surface area contributed by atoms with Crippen molar-refractivity contribution in [3.63, 3.8) is 0 Å². The Morgan fingerprint density at radius 3 is 2.75 bits per heavy atom. The molecule has 1 aromatic heterocycles. The summed E-state index contributed by atoms with van der Waals surface area (Å²) in [6.45, 7) is 2.94. The standard InChI is InChI=1S/C25H25F2N3O2/c1-17-15-30(16-28-17)23-8-5-18(13-24(23)32-2)12-20-4-3-10-29(25(20)31)11-9-19-6-7-21(26)14-22(19)27/h5-8,12-16H,3-4,9-11H2,1-2H3/b20-12+. The zero-order valence-corrected chi connectivity index (χ0v) is 18.1. The van der Waals surface area contributed by atoms with Crippen LogP contribution < -0.4 is 4.74 Å². The number of imidazole rings is 1. The van der Waals surface area contributed by atoms with E-state index in [2.05, 4.69) is 4.98 Å². The second kappa shape index (κ2) is 9.34. The minimum atomic E-state index is -0.602. The van der Waals surface area contributed by atoms with Gasteiger partial charge in [-0.25, -0.2) is 13.8 Å². The number of aryl methyl sites for hydroxylation is 1. The van der Waals surface area contributed by atoms with Gasteiger partial charge >= 0.3 is 0 Å². The lowest BCUT2D eigenvalue weighted by Gasteiger charge is -2.28. The zero-order valence-electron chi connectivity index (χ0n) is 18.1. The molecule has 32 heavy (non-hydrogen) atoms. The molecule has 0 bridgehead atoms. The summed E-state index contributed by atoms with van der Waals surface area (Å²) in [5.74, 6) is -0.545. The Hall–Kier alpha value is -3.48. The number of carbonyl (C=O) groups is 1. The number of rotatable bonds is 6. The van der Waals surface area contributed by atoms with Crippen LogP contribution in [0.1, 0.15) is 29.7 Å². The third kappa shape index (κ3) is 4.72. The molecule has 1 saturated heterocycles. The van der Waals surface area contributed by atoms with Crippen LogP contribution in [-0.4, -0.2) is 40.6 Å². The van der Waals surface area contributed by atoms with E-state index in [1.165, 1.54) is 12.1 Å². The van der Waals surface area contributed by atoms with Crippen LogP contribution in [0.2, 0.25) is 0 Å². The molecule has 0 saturated carbocycles. The summed E-state index contributed by atoms with van der Waals surface area (Å²) in [6.07, 6.45) is 7.41. The number of aromatic nitrogens is 2. The van der Waals surface area contributed by atoms with Gasteiger partial charge in [-0.05, 0) is 61.6 Å². The number of hydrogen-bond donors (Lipinski definition) is 0. The minimum Gasteiger partial charge on any atom is -0.495 e. The molecule has 5 nitrogen and oxygen atoms in total. The molecule has 1 fully saturated rings. The molecule has 0 unspecified atom stereocenters. The van der Waals surface area contributed by atoms with Crippen molar-refractivity contribution in [2.24, 2.45) is 0 Å². The highest BCUT2D eigenvalue weighted by Crippen LogP contribution is 2.27. The molecule has 2 aromatic carbocycles. The van der Waals surface area contributed by atoms with E-state index in [0.717, 1.165) is 29.4 Å². The van der Waals surface area contributed by atoms with Gasteiger partial charge in [-0.2, -0.15) is 0 Å². The smallest absolute Gasteiger partial charge is 0.249 e. The van der Waals surface area contributed by atoms with E-state index < -0.39 is 11.6 Å². The number of hydrogen-bond acceptors (Lipinski definition) is 3. The summed E-state index contributed by atoms with van der Waals surface area (Å²) in [4.78, 5) is 19.0. The molecule has 7 heteroatoms. The normalized spacial score (nSPS) is 15.4. The Kier molecular flexibility index (Phi) is 6.35. The Morgan fingerprint density at radius 2 is 2.03 bits per heavy atom. The number of nitrogens with zero attached hydrogens (tertiary/aromatic N) is 3. The number of amides is 1. The molecular formula is C25H25F2N3O2. The molecule has 0 radical (unpaired) electrons. The first-order chi connectivity index (χ1) is 15.4. The van der Waals surface area contributed by atoms with Gasteiger partial charge in [0, 0.05) is 30.9 Å². The number of halogens is 2. The van der Waals surface area contributed by atoms with Crippen molar-refractivity contribution in [3.8, 4) is 11.4 Å². The minimum absolute atomic E-state index is 0.0490. The lowest BCUT2D eigenvalue weighted by Crippen LogP contribution is -2.38. The van der Waals surface area contributed by atoms with Gasteiger partial charge in [0.1, 0.15) is 17.4 Å². The number of piperidine rings is 1. The van der Waals surface area contributed by atoms with Gasteiger partial charge in [0.15, 0.2) is 0 Å². The van der Waals surface area contributed by atoms with E-state index in [1.54, 1.807) is 18.3 Å². The second-order valence-electron chi connectivity index (χ2n) is 7.90. The number of likely N-dealkylation sites (tertiary alicyclic amines) is 1. The largest absolute Gasteiger partial charge is 0.495 e. The quantitative estimate of drug-likeness (QED) is 0.525. The molecule has 0 N–H and O–H groups in total. The van der Waals surface area contributed by atoms with Crippen molar-refractivity contribution in [2.45, 2.75) is 26.2 Å².